The quantitative estimate of drug-likeness (QED) is 0.744. The van der Waals surface area contributed by atoms with Gasteiger partial charge in [0.25, 0.3) is 0 Å². The molecule has 7 heteroatoms. The number of aryl methyl sites for hydroxylation is 1. The van der Waals surface area contributed by atoms with Gasteiger partial charge in [-0.1, -0.05) is 28.9 Å². The summed E-state index contributed by atoms with van der Waals surface area (Å²) >= 11 is 5.95. The molecule has 0 aliphatic heterocycles. The Labute approximate surface area is 143 Å². The van der Waals surface area contributed by atoms with Gasteiger partial charge in [0.1, 0.15) is 0 Å². The van der Waals surface area contributed by atoms with Crippen LogP contribution in [0.1, 0.15) is 17.9 Å². The highest BCUT2D eigenvalue weighted by molar-refractivity contribution is 6.30. The number of rotatable bonds is 6. The fourth-order valence-electron chi connectivity index (χ4n) is 2.11. The van der Waals surface area contributed by atoms with Crippen LogP contribution in [0.5, 0.6) is 0 Å². The molecule has 0 saturated heterocycles. The summed E-state index contributed by atoms with van der Waals surface area (Å²) < 4.78 is 5.18. The Balaban J connectivity index is 1.51. The molecule has 1 aromatic carbocycles. The van der Waals surface area contributed by atoms with Crippen molar-refractivity contribution in [2.75, 3.05) is 0 Å². The van der Waals surface area contributed by atoms with Crippen molar-refractivity contribution < 1.29 is 9.32 Å². The molecule has 0 aliphatic rings. The SMILES string of the molecule is O=C(CCc1nc(-c2cccc(Cl)c2)no1)NCc1ccncc1. The van der Waals surface area contributed by atoms with Crippen LogP contribution in [0.4, 0.5) is 0 Å². The van der Waals surface area contributed by atoms with Crippen molar-refractivity contribution in [1.29, 1.82) is 0 Å². The molecule has 2 heterocycles. The highest BCUT2D eigenvalue weighted by Crippen LogP contribution is 2.20. The topological polar surface area (TPSA) is 80.9 Å². The minimum atomic E-state index is -0.0747. The van der Waals surface area contributed by atoms with Crippen LogP contribution in [-0.2, 0) is 17.8 Å². The van der Waals surface area contributed by atoms with E-state index in [-0.39, 0.29) is 12.3 Å². The molecule has 0 unspecified atom stereocenters. The first-order chi connectivity index (χ1) is 11.7. The van der Waals surface area contributed by atoms with Gasteiger partial charge in [-0.2, -0.15) is 4.98 Å². The molecule has 2 aromatic heterocycles. The van der Waals surface area contributed by atoms with Gasteiger partial charge in [0.15, 0.2) is 0 Å². The first-order valence-corrected chi connectivity index (χ1v) is 7.82. The standard InChI is InChI=1S/C17H15ClN4O2/c18-14-3-1-2-13(10-14)17-21-16(24-22-17)5-4-15(23)20-11-12-6-8-19-9-7-12/h1-3,6-10H,4-5,11H2,(H,20,23). The smallest absolute Gasteiger partial charge is 0.227 e. The van der Waals surface area contributed by atoms with E-state index in [0.717, 1.165) is 11.1 Å². The molecule has 122 valence electrons. The van der Waals surface area contributed by atoms with Crippen molar-refractivity contribution in [3.05, 3.63) is 65.3 Å². The number of carbonyl (C=O) groups is 1. The predicted octanol–water partition coefficient (Wildman–Crippen LogP) is 3.03. The van der Waals surface area contributed by atoms with E-state index in [0.29, 0.717) is 29.7 Å². The number of nitrogens with one attached hydrogen (secondary N) is 1. The molecular formula is C17H15ClN4O2. The number of carbonyl (C=O) groups excluding carboxylic acids is 1. The second kappa shape index (κ2) is 7.70. The van der Waals surface area contributed by atoms with Crippen molar-refractivity contribution in [1.82, 2.24) is 20.4 Å². The lowest BCUT2D eigenvalue weighted by molar-refractivity contribution is -0.121. The van der Waals surface area contributed by atoms with Gasteiger partial charge in [0.05, 0.1) is 0 Å². The summed E-state index contributed by atoms with van der Waals surface area (Å²) in [5.41, 5.74) is 1.78. The summed E-state index contributed by atoms with van der Waals surface area (Å²) in [6.07, 6.45) is 4.05. The zero-order chi connectivity index (χ0) is 16.8. The van der Waals surface area contributed by atoms with Gasteiger partial charge in [0, 0.05) is 42.4 Å². The summed E-state index contributed by atoms with van der Waals surface area (Å²) in [7, 11) is 0. The molecule has 1 N–H and O–H groups in total. The van der Waals surface area contributed by atoms with Gasteiger partial charge in [-0.15, -0.1) is 0 Å². The van der Waals surface area contributed by atoms with Crippen LogP contribution in [0.15, 0.2) is 53.3 Å². The van der Waals surface area contributed by atoms with Crippen LogP contribution < -0.4 is 5.32 Å². The van der Waals surface area contributed by atoms with E-state index in [9.17, 15) is 4.79 Å². The molecule has 0 saturated carbocycles. The minimum absolute atomic E-state index is 0.0747. The third kappa shape index (κ3) is 4.39. The molecule has 3 rings (SSSR count). The lowest BCUT2D eigenvalue weighted by Crippen LogP contribution is -2.23. The second-order valence-corrected chi connectivity index (χ2v) is 5.59. The molecule has 6 nitrogen and oxygen atoms in total. The first kappa shape index (κ1) is 16.1. The second-order valence-electron chi connectivity index (χ2n) is 5.15. The molecule has 3 aromatic rings. The zero-order valence-corrected chi connectivity index (χ0v) is 13.5. The summed E-state index contributed by atoms with van der Waals surface area (Å²) in [5, 5.41) is 7.36. The number of amides is 1. The lowest BCUT2D eigenvalue weighted by Gasteiger charge is -2.03. The molecule has 1 amide bonds. The zero-order valence-electron chi connectivity index (χ0n) is 12.8. The summed E-state index contributed by atoms with van der Waals surface area (Å²) in [5.74, 6) is 0.808. The Hall–Kier alpha value is -2.73. The van der Waals surface area contributed by atoms with Crippen LogP contribution in [0, 0.1) is 0 Å². The van der Waals surface area contributed by atoms with Crippen molar-refractivity contribution >= 4 is 17.5 Å². The van der Waals surface area contributed by atoms with E-state index >= 15 is 0 Å². The van der Waals surface area contributed by atoms with Crippen LogP contribution >= 0.6 is 11.6 Å². The summed E-state index contributed by atoms with van der Waals surface area (Å²) in [6, 6.07) is 10.9. The number of nitrogens with zero attached hydrogens (tertiary/aromatic N) is 3. The molecule has 0 atom stereocenters. The van der Waals surface area contributed by atoms with Crippen molar-refractivity contribution in [3.63, 3.8) is 0 Å². The number of benzene rings is 1. The van der Waals surface area contributed by atoms with Gasteiger partial charge in [0.2, 0.25) is 17.6 Å². The van der Waals surface area contributed by atoms with E-state index in [1.807, 2.05) is 24.3 Å². The molecular weight excluding hydrogens is 328 g/mol. The number of aromatic nitrogens is 3. The third-order valence-electron chi connectivity index (χ3n) is 3.36. The highest BCUT2D eigenvalue weighted by atomic mass is 35.5. The van der Waals surface area contributed by atoms with Gasteiger partial charge in [-0.25, -0.2) is 0 Å². The lowest BCUT2D eigenvalue weighted by atomic mass is 10.2. The van der Waals surface area contributed by atoms with E-state index in [2.05, 4.69) is 20.4 Å². The predicted molar refractivity (Wildman–Crippen MR) is 89.1 cm³/mol. The highest BCUT2D eigenvalue weighted by Gasteiger charge is 2.11. The molecule has 0 radical (unpaired) electrons. The minimum Gasteiger partial charge on any atom is -0.352 e. The fraction of sp³-hybridized carbons (Fsp3) is 0.176. The van der Waals surface area contributed by atoms with Gasteiger partial charge < -0.3 is 9.84 Å². The Morgan fingerprint density at radius 2 is 2.04 bits per heavy atom. The van der Waals surface area contributed by atoms with Crippen LogP contribution in [0.25, 0.3) is 11.4 Å². The first-order valence-electron chi connectivity index (χ1n) is 7.45. The monoisotopic (exact) mass is 342 g/mol. The fourth-order valence-corrected chi connectivity index (χ4v) is 2.30. The Morgan fingerprint density at radius 3 is 2.83 bits per heavy atom. The average molecular weight is 343 g/mol. The van der Waals surface area contributed by atoms with E-state index < -0.39 is 0 Å². The van der Waals surface area contributed by atoms with Gasteiger partial charge in [-0.3, -0.25) is 9.78 Å². The maximum atomic E-state index is 11.9. The van der Waals surface area contributed by atoms with Crippen LogP contribution in [0.3, 0.4) is 0 Å². The number of pyridine rings is 1. The number of halogens is 1. The van der Waals surface area contributed by atoms with Gasteiger partial charge >= 0.3 is 0 Å². The van der Waals surface area contributed by atoms with E-state index in [1.165, 1.54) is 0 Å². The molecule has 0 bridgehead atoms. The normalized spacial score (nSPS) is 10.5. The molecule has 0 fully saturated rings. The summed E-state index contributed by atoms with van der Waals surface area (Å²) in [6.45, 7) is 0.471. The Morgan fingerprint density at radius 1 is 1.21 bits per heavy atom. The van der Waals surface area contributed by atoms with Crippen LogP contribution in [-0.4, -0.2) is 21.0 Å². The number of hydrogen-bond acceptors (Lipinski definition) is 5. The van der Waals surface area contributed by atoms with Crippen molar-refractivity contribution in [2.45, 2.75) is 19.4 Å². The average Bonchev–Trinajstić information content (AvgIpc) is 3.08. The van der Waals surface area contributed by atoms with Gasteiger partial charge in [-0.05, 0) is 29.8 Å². The molecule has 24 heavy (non-hydrogen) atoms. The van der Waals surface area contributed by atoms with Crippen molar-refractivity contribution in [3.8, 4) is 11.4 Å². The third-order valence-corrected chi connectivity index (χ3v) is 3.59. The van der Waals surface area contributed by atoms with Crippen LogP contribution in [0.2, 0.25) is 5.02 Å². The molecule has 0 aliphatic carbocycles. The Kier molecular flexibility index (Phi) is 5.18. The maximum Gasteiger partial charge on any atom is 0.227 e. The summed E-state index contributed by atoms with van der Waals surface area (Å²) in [4.78, 5) is 20.1. The largest absolute Gasteiger partial charge is 0.352 e. The van der Waals surface area contributed by atoms with E-state index in [1.54, 1.807) is 24.5 Å². The van der Waals surface area contributed by atoms with Crippen molar-refractivity contribution in [2.24, 2.45) is 0 Å². The Bertz CT molecular complexity index is 820. The maximum absolute atomic E-state index is 11.9. The number of hydrogen-bond donors (Lipinski definition) is 1. The molecule has 0 spiro atoms. The van der Waals surface area contributed by atoms with E-state index in [4.69, 9.17) is 16.1 Å².